The summed E-state index contributed by atoms with van der Waals surface area (Å²) >= 11 is 0. The number of fused-ring (bicyclic) bond motifs is 1. The first-order chi connectivity index (χ1) is 11.0. The molecule has 0 saturated heterocycles. The number of benzene rings is 1. The molecular formula is C16H17N3O4. The summed E-state index contributed by atoms with van der Waals surface area (Å²) in [4.78, 5) is 24.2. The number of hydrogen-bond donors (Lipinski definition) is 2. The van der Waals surface area contributed by atoms with Crippen molar-refractivity contribution in [2.75, 3.05) is 13.6 Å². The third-order valence-corrected chi connectivity index (χ3v) is 3.99. The molecule has 0 saturated carbocycles. The molecule has 0 aliphatic carbocycles. The molecule has 0 bridgehead atoms. The zero-order valence-electron chi connectivity index (χ0n) is 12.7. The highest BCUT2D eigenvalue weighted by atomic mass is 16.4. The Morgan fingerprint density at radius 1 is 1.22 bits per heavy atom. The fourth-order valence-corrected chi connectivity index (χ4v) is 2.87. The van der Waals surface area contributed by atoms with Gasteiger partial charge in [-0.05, 0) is 24.7 Å². The van der Waals surface area contributed by atoms with Crippen molar-refractivity contribution in [2.24, 2.45) is 0 Å². The van der Waals surface area contributed by atoms with Crippen LogP contribution in [0.2, 0.25) is 0 Å². The molecule has 0 unspecified atom stereocenters. The van der Waals surface area contributed by atoms with Gasteiger partial charge >= 0.3 is 11.9 Å². The van der Waals surface area contributed by atoms with Crippen molar-refractivity contribution in [1.82, 2.24) is 14.7 Å². The summed E-state index contributed by atoms with van der Waals surface area (Å²) in [6, 6.07) is 7.00. The fraction of sp³-hybridized carbons (Fsp3) is 0.312. The third kappa shape index (κ3) is 2.95. The van der Waals surface area contributed by atoms with Crippen molar-refractivity contribution in [3.05, 3.63) is 46.8 Å². The topological polar surface area (TPSA) is 95.7 Å². The minimum absolute atomic E-state index is 0.0390. The average molecular weight is 315 g/mol. The van der Waals surface area contributed by atoms with Crippen LogP contribution in [0.4, 0.5) is 0 Å². The number of carbonyl (C=O) groups is 2. The molecule has 0 fully saturated rings. The summed E-state index contributed by atoms with van der Waals surface area (Å²) in [5.41, 5.74) is 3.18. The summed E-state index contributed by atoms with van der Waals surface area (Å²) in [5.74, 6) is -1.91. The van der Waals surface area contributed by atoms with Crippen molar-refractivity contribution in [1.29, 1.82) is 0 Å². The maximum atomic E-state index is 11.4. The molecule has 23 heavy (non-hydrogen) atoms. The third-order valence-electron chi connectivity index (χ3n) is 3.99. The monoisotopic (exact) mass is 315 g/mol. The predicted molar refractivity (Wildman–Crippen MR) is 81.9 cm³/mol. The fourth-order valence-electron chi connectivity index (χ4n) is 2.87. The van der Waals surface area contributed by atoms with E-state index in [1.165, 1.54) is 0 Å². The summed E-state index contributed by atoms with van der Waals surface area (Å²) in [5, 5.41) is 22.4. The standard InChI is InChI=1S/C16H17N3O4/c1-18-7-6-13-12(9-18)15(16(22)23)17-19(13)11-4-2-10(3-5-11)8-14(20)21/h2-5H,6-9H2,1H3,(H,20,21)(H,22,23). The quantitative estimate of drug-likeness (QED) is 0.880. The molecule has 7 nitrogen and oxygen atoms in total. The lowest BCUT2D eigenvalue weighted by molar-refractivity contribution is -0.136. The van der Waals surface area contributed by atoms with Crippen molar-refractivity contribution >= 4 is 11.9 Å². The number of carboxylic acid groups (broad SMARTS) is 2. The van der Waals surface area contributed by atoms with Gasteiger partial charge in [-0.3, -0.25) is 4.79 Å². The molecule has 2 N–H and O–H groups in total. The molecule has 120 valence electrons. The highest BCUT2D eigenvalue weighted by molar-refractivity contribution is 5.87. The Bertz CT molecular complexity index is 764. The van der Waals surface area contributed by atoms with Crippen LogP contribution in [0.3, 0.4) is 0 Å². The molecule has 7 heteroatoms. The van der Waals surface area contributed by atoms with Gasteiger partial charge in [0, 0.05) is 25.1 Å². The molecule has 0 atom stereocenters. The molecule has 0 radical (unpaired) electrons. The molecule has 2 aromatic rings. The molecule has 1 aromatic carbocycles. The minimum atomic E-state index is -1.03. The van der Waals surface area contributed by atoms with Gasteiger partial charge in [-0.1, -0.05) is 12.1 Å². The van der Waals surface area contributed by atoms with E-state index in [0.29, 0.717) is 12.1 Å². The van der Waals surface area contributed by atoms with Gasteiger partial charge in [0.05, 0.1) is 17.8 Å². The van der Waals surface area contributed by atoms with Gasteiger partial charge in [0.2, 0.25) is 0 Å². The molecular weight excluding hydrogens is 298 g/mol. The maximum absolute atomic E-state index is 11.4. The second-order valence-corrected chi connectivity index (χ2v) is 5.72. The lowest BCUT2D eigenvalue weighted by Crippen LogP contribution is -2.28. The highest BCUT2D eigenvalue weighted by Crippen LogP contribution is 2.25. The Hall–Kier alpha value is -2.67. The molecule has 1 aliphatic rings. The van der Waals surface area contributed by atoms with Crippen LogP contribution in [-0.2, 0) is 24.2 Å². The second kappa shape index (κ2) is 5.85. The van der Waals surface area contributed by atoms with Gasteiger partial charge in [-0.25, -0.2) is 9.48 Å². The van der Waals surface area contributed by atoms with Crippen LogP contribution in [0, 0.1) is 0 Å². The number of aromatic carboxylic acids is 1. The van der Waals surface area contributed by atoms with Gasteiger partial charge in [0.15, 0.2) is 5.69 Å². The van der Waals surface area contributed by atoms with Crippen molar-refractivity contribution in [3.8, 4) is 5.69 Å². The number of aromatic nitrogens is 2. The van der Waals surface area contributed by atoms with Gasteiger partial charge in [0.1, 0.15) is 0 Å². The molecule has 1 aromatic heterocycles. The van der Waals surface area contributed by atoms with E-state index in [4.69, 9.17) is 5.11 Å². The van der Waals surface area contributed by atoms with Crippen LogP contribution >= 0.6 is 0 Å². The Kier molecular flexibility index (Phi) is 3.87. The Balaban J connectivity index is 2.01. The Morgan fingerprint density at radius 3 is 2.52 bits per heavy atom. The lowest BCUT2D eigenvalue weighted by Gasteiger charge is -2.23. The number of rotatable bonds is 4. The van der Waals surface area contributed by atoms with E-state index in [1.54, 1.807) is 28.9 Å². The van der Waals surface area contributed by atoms with E-state index < -0.39 is 11.9 Å². The molecule has 0 amide bonds. The van der Waals surface area contributed by atoms with E-state index in [9.17, 15) is 14.7 Å². The van der Waals surface area contributed by atoms with Gasteiger partial charge < -0.3 is 15.1 Å². The Morgan fingerprint density at radius 2 is 1.91 bits per heavy atom. The number of nitrogens with zero attached hydrogens (tertiary/aromatic N) is 3. The van der Waals surface area contributed by atoms with Crippen molar-refractivity contribution in [2.45, 2.75) is 19.4 Å². The largest absolute Gasteiger partial charge is 0.481 e. The van der Waals surface area contributed by atoms with Crippen LogP contribution in [0.5, 0.6) is 0 Å². The number of hydrogen-bond acceptors (Lipinski definition) is 4. The van der Waals surface area contributed by atoms with Crippen LogP contribution < -0.4 is 0 Å². The summed E-state index contributed by atoms with van der Waals surface area (Å²) in [7, 11) is 1.95. The zero-order valence-corrected chi connectivity index (χ0v) is 12.7. The number of carboxylic acids is 2. The van der Waals surface area contributed by atoms with Crippen LogP contribution in [0.1, 0.15) is 27.3 Å². The van der Waals surface area contributed by atoms with E-state index in [1.807, 2.05) is 7.05 Å². The van der Waals surface area contributed by atoms with Crippen LogP contribution in [0.15, 0.2) is 24.3 Å². The van der Waals surface area contributed by atoms with Gasteiger partial charge in [-0.15, -0.1) is 0 Å². The second-order valence-electron chi connectivity index (χ2n) is 5.72. The number of aliphatic carboxylic acids is 1. The molecule has 2 heterocycles. The first kappa shape index (κ1) is 15.2. The minimum Gasteiger partial charge on any atom is -0.481 e. The highest BCUT2D eigenvalue weighted by Gasteiger charge is 2.27. The van der Waals surface area contributed by atoms with E-state index in [0.717, 1.165) is 29.9 Å². The van der Waals surface area contributed by atoms with E-state index in [-0.39, 0.29) is 12.1 Å². The Labute approximate surface area is 132 Å². The lowest BCUT2D eigenvalue weighted by atomic mass is 10.1. The predicted octanol–water partition coefficient (Wildman–Crippen LogP) is 1.19. The van der Waals surface area contributed by atoms with Crippen LogP contribution in [-0.4, -0.2) is 50.4 Å². The van der Waals surface area contributed by atoms with E-state index in [2.05, 4.69) is 10.00 Å². The van der Waals surface area contributed by atoms with Crippen molar-refractivity contribution in [3.63, 3.8) is 0 Å². The first-order valence-corrected chi connectivity index (χ1v) is 7.29. The van der Waals surface area contributed by atoms with Crippen LogP contribution in [0.25, 0.3) is 5.69 Å². The van der Waals surface area contributed by atoms with E-state index >= 15 is 0 Å². The normalized spacial score (nSPS) is 14.5. The van der Waals surface area contributed by atoms with Crippen molar-refractivity contribution < 1.29 is 19.8 Å². The summed E-state index contributed by atoms with van der Waals surface area (Å²) in [6.45, 7) is 1.41. The average Bonchev–Trinajstić information content (AvgIpc) is 2.86. The maximum Gasteiger partial charge on any atom is 0.356 e. The SMILES string of the molecule is CN1CCc2c(c(C(=O)O)nn2-c2ccc(CC(=O)O)cc2)C1. The molecule has 1 aliphatic heterocycles. The first-order valence-electron chi connectivity index (χ1n) is 7.29. The number of likely N-dealkylation sites (N-methyl/N-ethyl adjacent to an activating group) is 1. The summed E-state index contributed by atoms with van der Waals surface area (Å²) < 4.78 is 1.66. The van der Waals surface area contributed by atoms with Gasteiger partial charge in [-0.2, -0.15) is 5.10 Å². The molecule has 3 rings (SSSR count). The van der Waals surface area contributed by atoms with Gasteiger partial charge in [0.25, 0.3) is 0 Å². The smallest absolute Gasteiger partial charge is 0.356 e. The molecule has 0 spiro atoms. The zero-order chi connectivity index (χ0) is 16.6. The summed E-state index contributed by atoms with van der Waals surface area (Å²) in [6.07, 6.45) is 0.686.